The number of anilines is 1. The molecule has 1 aromatic rings. The first-order valence-electron chi connectivity index (χ1n) is 5.25. The van der Waals surface area contributed by atoms with E-state index >= 15 is 0 Å². The zero-order valence-corrected chi connectivity index (χ0v) is 9.56. The van der Waals surface area contributed by atoms with Gasteiger partial charge in [0.2, 0.25) is 0 Å². The van der Waals surface area contributed by atoms with Crippen LogP contribution in [-0.2, 0) is 16.1 Å². The van der Waals surface area contributed by atoms with E-state index in [0.717, 1.165) is 11.3 Å². The lowest BCUT2D eigenvalue weighted by Gasteiger charge is -2.16. The van der Waals surface area contributed by atoms with Gasteiger partial charge < -0.3 is 15.2 Å². The number of benzene rings is 1. The van der Waals surface area contributed by atoms with Crippen molar-refractivity contribution in [3.8, 4) is 0 Å². The van der Waals surface area contributed by atoms with Gasteiger partial charge in [0.25, 0.3) is 0 Å². The van der Waals surface area contributed by atoms with Gasteiger partial charge in [0.15, 0.2) is 0 Å². The molecule has 1 aromatic carbocycles. The monoisotopic (exact) mass is 223 g/mol. The molecule has 0 aliphatic carbocycles. The molecular formula is C12H17NO3. The van der Waals surface area contributed by atoms with Crippen LogP contribution in [0, 0.1) is 0 Å². The number of nitrogens with one attached hydrogen (secondary N) is 1. The van der Waals surface area contributed by atoms with Crippen LogP contribution in [0.5, 0.6) is 0 Å². The fraction of sp³-hybridized carbons (Fsp3) is 0.417. The Labute approximate surface area is 95.2 Å². The van der Waals surface area contributed by atoms with Crippen LogP contribution in [0.4, 0.5) is 5.69 Å². The number of para-hydroxylation sites is 1. The highest BCUT2D eigenvalue weighted by Gasteiger charge is 2.15. The van der Waals surface area contributed by atoms with Crippen molar-refractivity contribution < 1.29 is 14.6 Å². The van der Waals surface area contributed by atoms with Crippen LogP contribution in [-0.4, -0.2) is 24.2 Å². The Hall–Kier alpha value is -1.55. The van der Waals surface area contributed by atoms with Gasteiger partial charge in [-0.3, -0.25) is 0 Å². The molecule has 88 valence electrons. The predicted octanol–water partition coefficient (Wildman–Crippen LogP) is 2.11. The molecule has 0 heterocycles. The molecule has 0 radical (unpaired) electrons. The standard InChI is InChI=1S/C12H17NO3/c1-3-10(12(14)15)13-11-7-5-4-6-9(11)8-16-2/h4-7,10,13H,3,8H2,1-2H3,(H,14,15). The zero-order chi connectivity index (χ0) is 12.0. The van der Waals surface area contributed by atoms with Crippen molar-refractivity contribution in [3.05, 3.63) is 29.8 Å². The van der Waals surface area contributed by atoms with Gasteiger partial charge in [-0.05, 0) is 12.5 Å². The number of aliphatic carboxylic acids is 1. The van der Waals surface area contributed by atoms with Crippen LogP contribution >= 0.6 is 0 Å². The van der Waals surface area contributed by atoms with Crippen LogP contribution < -0.4 is 5.32 Å². The average Bonchev–Trinajstić information content (AvgIpc) is 2.27. The Morgan fingerprint density at radius 1 is 1.50 bits per heavy atom. The van der Waals surface area contributed by atoms with E-state index in [0.29, 0.717) is 13.0 Å². The number of methoxy groups -OCH3 is 1. The molecule has 0 aliphatic heterocycles. The summed E-state index contributed by atoms with van der Waals surface area (Å²) in [7, 11) is 1.62. The molecule has 16 heavy (non-hydrogen) atoms. The molecule has 0 fully saturated rings. The molecule has 2 N–H and O–H groups in total. The SMILES string of the molecule is CCC(Nc1ccccc1COC)C(=O)O. The van der Waals surface area contributed by atoms with Gasteiger partial charge in [-0.1, -0.05) is 25.1 Å². The number of hydrogen-bond acceptors (Lipinski definition) is 3. The van der Waals surface area contributed by atoms with Gasteiger partial charge in [-0.2, -0.15) is 0 Å². The number of hydrogen-bond donors (Lipinski definition) is 2. The van der Waals surface area contributed by atoms with E-state index in [1.54, 1.807) is 7.11 Å². The molecule has 0 bridgehead atoms. The lowest BCUT2D eigenvalue weighted by atomic mass is 10.1. The number of ether oxygens (including phenoxy) is 1. The summed E-state index contributed by atoms with van der Waals surface area (Å²) in [4.78, 5) is 10.9. The van der Waals surface area contributed by atoms with Crippen LogP contribution in [0.3, 0.4) is 0 Å². The maximum absolute atomic E-state index is 10.9. The van der Waals surface area contributed by atoms with Crippen LogP contribution in [0.2, 0.25) is 0 Å². The number of rotatable bonds is 6. The Bertz CT molecular complexity index is 352. The quantitative estimate of drug-likeness (QED) is 0.775. The van der Waals surface area contributed by atoms with E-state index in [1.165, 1.54) is 0 Å². The minimum Gasteiger partial charge on any atom is -0.480 e. The minimum atomic E-state index is -0.838. The van der Waals surface area contributed by atoms with Crippen molar-refractivity contribution in [1.29, 1.82) is 0 Å². The van der Waals surface area contributed by atoms with Crippen molar-refractivity contribution in [2.75, 3.05) is 12.4 Å². The fourth-order valence-electron chi connectivity index (χ4n) is 1.47. The maximum Gasteiger partial charge on any atom is 0.326 e. The lowest BCUT2D eigenvalue weighted by Crippen LogP contribution is -2.28. The summed E-state index contributed by atoms with van der Waals surface area (Å²) in [6.07, 6.45) is 0.538. The molecule has 1 unspecified atom stereocenters. The maximum atomic E-state index is 10.9. The largest absolute Gasteiger partial charge is 0.480 e. The van der Waals surface area contributed by atoms with Crippen LogP contribution in [0.25, 0.3) is 0 Å². The van der Waals surface area contributed by atoms with Crippen LogP contribution in [0.1, 0.15) is 18.9 Å². The summed E-state index contributed by atoms with van der Waals surface area (Å²) >= 11 is 0. The van der Waals surface area contributed by atoms with Gasteiger partial charge in [0.05, 0.1) is 6.61 Å². The summed E-state index contributed by atoms with van der Waals surface area (Å²) < 4.78 is 5.06. The van der Waals surface area contributed by atoms with E-state index < -0.39 is 12.0 Å². The molecule has 4 heteroatoms. The van der Waals surface area contributed by atoms with Gasteiger partial charge in [0, 0.05) is 18.4 Å². The van der Waals surface area contributed by atoms with Crippen LogP contribution in [0.15, 0.2) is 24.3 Å². The van der Waals surface area contributed by atoms with Crippen molar-refractivity contribution in [2.45, 2.75) is 26.0 Å². The molecule has 0 saturated carbocycles. The topological polar surface area (TPSA) is 58.6 Å². The fourth-order valence-corrected chi connectivity index (χ4v) is 1.47. The zero-order valence-electron chi connectivity index (χ0n) is 9.56. The van der Waals surface area contributed by atoms with Gasteiger partial charge in [0.1, 0.15) is 6.04 Å². The highest BCUT2D eigenvalue weighted by atomic mass is 16.5. The molecule has 4 nitrogen and oxygen atoms in total. The van der Waals surface area contributed by atoms with E-state index in [9.17, 15) is 4.79 Å². The molecule has 1 atom stereocenters. The van der Waals surface area contributed by atoms with E-state index in [2.05, 4.69) is 5.32 Å². The van der Waals surface area contributed by atoms with Gasteiger partial charge >= 0.3 is 5.97 Å². The number of carboxylic acids is 1. The highest BCUT2D eigenvalue weighted by molar-refractivity contribution is 5.77. The summed E-state index contributed by atoms with van der Waals surface area (Å²) in [5.74, 6) is -0.838. The van der Waals surface area contributed by atoms with E-state index in [4.69, 9.17) is 9.84 Å². The smallest absolute Gasteiger partial charge is 0.326 e. The third-order valence-electron chi connectivity index (χ3n) is 2.35. The molecule has 0 aromatic heterocycles. The van der Waals surface area contributed by atoms with Gasteiger partial charge in [-0.25, -0.2) is 4.79 Å². The molecule has 0 amide bonds. The van der Waals surface area contributed by atoms with E-state index in [1.807, 2.05) is 31.2 Å². The Balaban J connectivity index is 2.82. The Morgan fingerprint density at radius 3 is 2.75 bits per heavy atom. The molecule has 0 saturated heterocycles. The average molecular weight is 223 g/mol. The second kappa shape index (κ2) is 6.12. The summed E-state index contributed by atoms with van der Waals surface area (Å²) in [6, 6.07) is 7.00. The third kappa shape index (κ3) is 3.24. The molecule has 1 rings (SSSR count). The van der Waals surface area contributed by atoms with Crippen molar-refractivity contribution >= 4 is 11.7 Å². The summed E-state index contributed by atoms with van der Waals surface area (Å²) in [5.41, 5.74) is 1.78. The second-order valence-corrected chi connectivity index (χ2v) is 3.53. The second-order valence-electron chi connectivity index (χ2n) is 3.53. The van der Waals surface area contributed by atoms with E-state index in [-0.39, 0.29) is 0 Å². The number of carboxylic acid groups (broad SMARTS) is 1. The normalized spacial score (nSPS) is 12.1. The molecule has 0 aliphatic rings. The summed E-state index contributed by atoms with van der Waals surface area (Å²) in [5, 5.41) is 12.0. The van der Waals surface area contributed by atoms with Crippen molar-refractivity contribution in [1.82, 2.24) is 0 Å². The first-order valence-corrected chi connectivity index (χ1v) is 5.25. The lowest BCUT2D eigenvalue weighted by molar-refractivity contribution is -0.137. The number of carbonyl (C=O) groups is 1. The minimum absolute atomic E-state index is 0.471. The van der Waals surface area contributed by atoms with Crippen molar-refractivity contribution in [3.63, 3.8) is 0 Å². The predicted molar refractivity (Wildman–Crippen MR) is 62.5 cm³/mol. The van der Waals surface area contributed by atoms with Crippen molar-refractivity contribution in [2.24, 2.45) is 0 Å². The first-order chi connectivity index (χ1) is 7.69. The third-order valence-corrected chi connectivity index (χ3v) is 2.35. The first kappa shape index (κ1) is 12.5. The highest BCUT2D eigenvalue weighted by Crippen LogP contribution is 2.17. The Morgan fingerprint density at radius 2 is 2.19 bits per heavy atom. The summed E-state index contributed by atoms with van der Waals surface area (Å²) in [6.45, 7) is 2.31. The Kier molecular flexibility index (Phi) is 4.79. The molecule has 0 spiro atoms. The molecular weight excluding hydrogens is 206 g/mol. The van der Waals surface area contributed by atoms with Gasteiger partial charge in [-0.15, -0.1) is 0 Å².